The van der Waals surface area contributed by atoms with Gasteiger partial charge in [0.1, 0.15) is 0 Å². The zero-order chi connectivity index (χ0) is 17.9. The molecule has 1 aliphatic rings. The number of halogens is 1. The maximum absolute atomic E-state index is 13.2. The van der Waals surface area contributed by atoms with E-state index in [9.17, 15) is 13.2 Å². The Kier molecular flexibility index (Phi) is 6.71. The molecule has 0 saturated carbocycles. The molecule has 1 aromatic carbocycles. The molecular formula is C17H20ClN3O4S. The zero-order valence-corrected chi connectivity index (χ0v) is 15.8. The summed E-state index contributed by atoms with van der Waals surface area (Å²) in [5.74, 6) is -0.568. The van der Waals surface area contributed by atoms with E-state index in [1.165, 1.54) is 29.6 Å². The van der Waals surface area contributed by atoms with Crippen LogP contribution in [0, 0.1) is 0 Å². The summed E-state index contributed by atoms with van der Waals surface area (Å²) in [6.07, 6.45) is 3.32. The normalized spacial score (nSPS) is 18.0. The first-order valence-electron chi connectivity index (χ1n) is 7.85. The van der Waals surface area contributed by atoms with Gasteiger partial charge in [0.2, 0.25) is 10.0 Å². The molecular weight excluding hydrogens is 378 g/mol. The van der Waals surface area contributed by atoms with Gasteiger partial charge in [0, 0.05) is 32.0 Å². The van der Waals surface area contributed by atoms with Crippen molar-refractivity contribution in [2.24, 2.45) is 0 Å². The number of hydrogen-bond acceptors (Lipinski definition) is 6. The average molecular weight is 398 g/mol. The minimum Gasteiger partial charge on any atom is -0.465 e. The van der Waals surface area contributed by atoms with Crippen LogP contribution in [0.2, 0.25) is 0 Å². The molecule has 0 bridgehead atoms. The number of nitrogens with one attached hydrogen (secondary N) is 1. The maximum Gasteiger partial charge on any atom is 0.337 e. The number of carbonyl (C=O) groups excluding carboxylic acids is 1. The molecule has 9 heteroatoms. The van der Waals surface area contributed by atoms with Crippen molar-refractivity contribution in [1.29, 1.82) is 0 Å². The molecule has 1 atom stereocenters. The van der Waals surface area contributed by atoms with E-state index >= 15 is 0 Å². The summed E-state index contributed by atoms with van der Waals surface area (Å²) in [4.78, 5) is 15.9. The summed E-state index contributed by atoms with van der Waals surface area (Å²) < 4.78 is 32.4. The number of nitrogens with zero attached hydrogens (tertiary/aromatic N) is 2. The van der Waals surface area contributed by atoms with Gasteiger partial charge in [0.25, 0.3) is 0 Å². The summed E-state index contributed by atoms with van der Waals surface area (Å²) in [5.41, 5.74) is 1.03. The predicted octanol–water partition coefficient (Wildman–Crippen LogP) is 1.63. The van der Waals surface area contributed by atoms with Gasteiger partial charge in [-0.25, -0.2) is 13.2 Å². The minimum absolute atomic E-state index is 0. The molecule has 0 radical (unpaired) electrons. The highest BCUT2D eigenvalue weighted by Gasteiger charge is 2.34. The van der Waals surface area contributed by atoms with Gasteiger partial charge in [0.05, 0.1) is 23.6 Å². The molecule has 2 heterocycles. The third-order valence-corrected chi connectivity index (χ3v) is 6.03. The zero-order valence-electron chi connectivity index (χ0n) is 14.2. The summed E-state index contributed by atoms with van der Waals surface area (Å²) >= 11 is 0. The first-order valence-corrected chi connectivity index (χ1v) is 9.29. The van der Waals surface area contributed by atoms with Crippen LogP contribution < -0.4 is 5.32 Å². The van der Waals surface area contributed by atoms with Crippen molar-refractivity contribution in [3.05, 3.63) is 59.9 Å². The van der Waals surface area contributed by atoms with Crippen LogP contribution in [-0.2, 0) is 14.8 Å². The topological polar surface area (TPSA) is 88.6 Å². The number of rotatable bonds is 4. The number of esters is 1. The van der Waals surface area contributed by atoms with Gasteiger partial charge in [-0.3, -0.25) is 4.98 Å². The van der Waals surface area contributed by atoms with Crippen molar-refractivity contribution in [2.45, 2.75) is 10.9 Å². The Hall–Kier alpha value is -2.00. The number of benzene rings is 1. The number of ether oxygens (including phenoxy) is 1. The van der Waals surface area contributed by atoms with Crippen molar-refractivity contribution in [2.75, 3.05) is 26.7 Å². The molecule has 1 fully saturated rings. The van der Waals surface area contributed by atoms with E-state index in [4.69, 9.17) is 0 Å². The third kappa shape index (κ3) is 4.04. The van der Waals surface area contributed by atoms with Crippen LogP contribution in [0.5, 0.6) is 0 Å². The van der Waals surface area contributed by atoms with Gasteiger partial charge in [-0.2, -0.15) is 4.31 Å². The van der Waals surface area contributed by atoms with Crippen LogP contribution in [0.3, 0.4) is 0 Å². The highest BCUT2D eigenvalue weighted by molar-refractivity contribution is 7.89. The standard InChI is InChI=1S/C17H19N3O4S.ClH/c1-24-17(21)13-4-2-6-15(10-13)25(22,23)20-9-8-19-12-16(20)14-5-3-7-18-11-14;/h2-7,10-11,16,19H,8-9,12H2,1H3;1H. The Labute approximate surface area is 158 Å². The predicted molar refractivity (Wildman–Crippen MR) is 98.8 cm³/mol. The van der Waals surface area contributed by atoms with Gasteiger partial charge < -0.3 is 10.1 Å². The van der Waals surface area contributed by atoms with E-state index in [2.05, 4.69) is 15.0 Å². The Morgan fingerprint density at radius 2 is 2.12 bits per heavy atom. The summed E-state index contributed by atoms with van der Waals surface area (Å²) in [5, 5.41) is 3.22. The molecule has 2 aromatic rings. The van der Waals surface area contributed by atoms with Crippen molar-refractivity contribution in [3.8, 4) is 0 Å². The lowest BCUT2D eigenvalue weighted by Crippen LogP contribution is -2.48. The fraction of sp³-hybridized carbons (Fsp3) is 0.294. The first-order chi connectivity index (χ1) is 12.0. The Balaban J connectivity index is 0.00000243. The van der Waals surface area contributed by atoms with Crippen molar-refractivity contribution in [3.63, 3.8) is 0 Å². The minimum atomic E-state index is -3.77. The number of methoxy groups -OCH3 is 1. The smallest absolute Gasteiger partial charge is 0.337 e. The molecule has 7 nitrogen and oxygen atoms in total. The van der Waals surface area contributed by atoms with Crippen molar-refractivity contribution < 1.29 is 17.9 Å². The van der Waals surface area contributed by atoms with E-state index in [-0.39, 0.29) is 28.9 Å². The van der Waals surface area contributed by atoms with E-state index in [1.54, 1.807) is 24.5 Å². The van der Waals surface area contributed by atoms with Crippen LogP contribution in [0.1, 0.15) is 22.0 Å². The summed E-state index contributed by atoms with van der Waals surface area (Å²) in [6, 6.07) is 9.20. The monoisotopic (exact) mass is 397 g/mol. The Morgan fingerprint density at radius 1 is 1.31 bits per heavy atom. The van der Waals surface area contributed by atoms with Crippen LogP contribution >= 0.6 is 12.4 Å². The van der Waals surface area contributed by atoms with Gasteiger partial charge >= 0.3 is 5.97 Å². The molecule has 140 valence electrons. The quantitative estimate of drug-likeness (QED) is 0.789. The number of sulfonamides is 1. The van der Waals surface area contributed by atoms with Crippen LogP contribution in [0.4, 0.5) is 0 Å². The summed E-state index contributed by atoms with van der Waals surface area (Å²) in [7, 11) is -2.50. The SMILES string of the molecule is COC(=O)c1cccc(S(=O)(=O)N2CCNCC2c2cccnc2)c1.Cl. The molecule has 1 unspecified atom stereocenters. The molecule has 1 aliphatic heterocycles. The van der Waals surface area contributed by atoms with Crippen LogP contribution in [-0.4, -0.2) is 50.4 Å². The van der Waals surface area contributed by atoms with Crippen molar-refractivity contribution >= 4 is 28.4 Å². The van der Waals surface area contributed by atoms with Gasteiger partial charge in [-0.15, -0.1) is 12.4 Å². The lowest BCUT2D eigenvalue weighted by atomic mass is 10.1. The molecule has 0 amide bonds. The largest absolute Gasteiger partial charge is 0.465 e. The van der Waals surface area contributed by atoms with E-state index in [0.29, 0.717) is 19.6 Å². The molecule has 1 N–H and O–H groups in total. The average Bonchev–Trinajstić information content (AvgIpc) is 2.68. The van der Waals surface area contributed by atoms with Crippen molar-refractivity contribution in [1.82, 2.24) is 14.6 Å². The molecule has 0 aliphatic carbocycles. The number of hydrogen-bond donors (Lipinski definition) is 1. The highest BCUT2D eigenvalue weighted by Crippen LogP contribution is 2.28. The lowest BCUT2D eigenvalue weighted by Gasteiger charge is -2.35. The second kappa shape index (κ2) is 8.59. The van der Waals surface area contributed by atoms with E-state index in [0.717, 1.165) is 5.56 Å². The van der Waals surface area contributed by atoms with Gasteiger partial charge in [-0.05, 0) is 29.8 Å². The first kappa shape index (κ1) is 20.3. The lowest BCUT2D eigenvalue weighted by molar-refractivity contribution is 0.0600. The Morgan fingerprint density at radius 3 is 2.81 bits per heavy atom. The maximum atomic E-state index is 13.2. The van der Waals surface area contributed by atoms with Crippen LogP contribution in [0.25, 0.3) is 0 Å². The van der Waals surface area contributed by atoms with Gasteiger partial charge in [0.15, 0.2) is 0 Å². The number of carbonyl (C=O) groups is 1. The van der Waals surface area contributed by atoms with E-state index in [1.807, 2.05) is 6.07 Å². The fourth-order valence-corrected chi connectivity index (χ4v) is 4.53. The number of aromatic nitrogens is 1. The second-order valence-corrected chi connectivity index (χ2v) is 7.53. The number of piperazine rings is 1. The molecule has 0 spiro atoms. The summed E-state index contributed by atoms with van der Waals surface area (Å²) in [6.45, 7) is 1.40. The van der Waals surface area contributed by atoms with Crippen LogP contribution in [0.15, 0.2) is 53.7 Å². The fourth-order valence-electron chi connectivity index (χ4n) is 2.87. The molecule has 1 aromatic heterocycles. The second-order valence-electron chi connectivity index (χ2n) is 5.64. The molecule has 3 rings (SSSR count). The number of pyridine rings is 1. The Bertz CT molecular complexity index is 861. The molecule has 1 saturated heterocycles. The third-order valence-electron chi connectivity index (χ3n) is 4.13. The molecule has 26 heavy (non-hydrogen) atoms. The van der Waals surface area contributed by atoms with E-state index < -0.39 is 16.0 Å². The van der Waals surface area contributed by atoms with Gasteiger partial charge in [-0.1, -0.05) is 12.1 Å². The highest BCUT2D eigenvalue weighted by atomic mass is 35.5.